The average molecular weight is 359 g/mol. The molecule has 0 unspecified atom stereocenters. The van der Waals surface area contributed by atoms with Crippen molar-refractivity contribution in [2.24, 2.45) is 0 Å². The monoisotopic (exact) mass is 359 g/mol. The van der Waals surface area contributed by atoms with Gasteiger partial charge < -0.3 is 10.3 Å². The molecule has 2 heterocycles. The molecule has 0 atom stereocenters. The van der Waals surface area contributed by atoms with Gasteiger partial charge in [-0.05, 0) is 43.0 Å². The molecular formula is C18H18FN3O2S. The number of carbonyl (C=O) groups is 1. The lowest BCUT2D eigenvalue weighted by Crippen LogP contribution is -2.26. The summed E-state index contributed by atoms with van der Waals surface area (Å²) < 4.78 is 13.2. The molecule has 0 aliphatic heterocycles. The van der Waals surface area contributed by atoms with Crippen LogP contribution in [0.3, 0.4) is 0 Å². The van der Waals surface area contributed by atoms with Gasteiger partial charge in [0.25, 0.3) is 5.56 Å². The van der Waals surface area contributed by atoms with Crippen LogP contribution in [0.15, 0.2) is 34.4 Å². The van der Waals surface area contributed by atoms with Crippen LogP contribution in [0.2, 0.25) is 0 Å². The molecule has 0 aliphatic rings. The van der Waals surface area contributed by atoms with Crippen LogP contribution in [0.25, 0.3) is 10.9 Å². The lowest BCUT2D eigenvalue weighted by Gasteiger charge is -2.05. The second-order valence-corrected chi connectivity index (χ2v) is 6.88. The van der Waals surface area contributed by atoms with Crippen LogP contribution >= 0.6 is 11.3 Å². The lowest BCUT2D eigenvalue weighted by atomic mass is 10.1. The number of hydrogen-bond donors (Lipinski definition) is 2. The van der Waals surface area contributed by atoms with Crippen molar-refractivity contribution in [3.8, 4) is 0 Å². The van der Waals surface area contributed by atoms with E-state index in [1.54, 1.807) is 23.5 Å². The zero-order valence-electron chi connectivity index (χ0n) is 13.8. The van der Waals surface area contributed by atoms with Gasteiger partial charge in [0.15, 0.2) is 0 Å². The van der Waals surface area contributed by atoms with E-state index in [0.29, 0.717) is 30.5 Å². The number of fused-ring (bicyclic) bond motifs is 1. The molecule has 3 aromatic rings. The molecule has 25 heavy (non-hydrogen) atoms. The SMILES string of the molecule is Cc1nc(CCNC(=O)CCc2cc3ccc(F)cc3[nH]c2=O)cs1. The molecule has 0 radical (unpaired) electrons. The minimum atomic E-state index is -0.398. The highest BCUT2D eigenvalue weighted by Gasteiger charge is 2.08. The van der Waals surface area contributed by atoms with Gasteiger partial charge in [0.2, 0.25) is 5.91 Å². The summed E-state index contributed by atoms with van der Waals surface area (Å²) in [5, 5.41) is 6.58. The van der Waals surface area contributed by atoms with E-state index < -0.39 is 5.82 Å². The van der Waals surface area contributed by atoms with Crippen LogP contribution in [0, 0.1) is 12.7 Å². The number of aromatic amines is 1. The summed E-state index contributed by atoms with van der Waals surface area (Å²) in [5.74, 6) is -0.504. The van der Waals surface area contributed by atoms with Crippen LogP contribution < -0.4 is 10.9 Å². The van der Waals surface area contributed by atoms with Gasteiger partial charge >= 0.3 is 0 Å². The number of halogens is 1. The maximum atomic E-state index is 13.2. The van der Waals surface area contributed by atoms with Crippen molar-refractivity contribution in [2.75, 3.05) is 6.54 Å². The summed E-state index contributed by atoms with van der Waals surface area (Å²) in [4.78, 5) is 31.0. The maximum Gasteiger partial charge on any atom is 0.251 e. The summed E-state index contributed by atoms with van der Waals surface area (Å²) in [6.45, 7) is 2.47. The van der Waals surface area contributed by atoms with Crippen molar-refractivity contribution < 1.29 is 9.18 Å². The molecule has 7 heteroatoms. The van der Waals surface area contributed by atoms with Crippen molar-refractivity contribution in [2.45, 2.75) is 26.2 Å². The average Bonchev–Trinajstić information content (AvgIpc) is 2.98. The number of aryl methyl sites for hydroxylation is 2. The van der Waals surface area contributed by atoms with Crippen LogP contribution in [0.1, 0.15) is 22.7 Å². The number of hydrogen-bond acceptors (Lipinski definition) is 4. The van der Waals surface area contributed by atoms with E-state index in [2.05, 4.69) is 15.3 Å². The Balaban J connectivity index is 1.54. The number of rotatable bonds is 6. The summed E-state index contributed by atoms with van der Waals surface area (Å²) in [6, 6.07) is 5.95. The molecule has 1 aromatic carbocycles. The fourth-order valence-corrected chi connectivity index (χ4v) is 3.24. The number of nitrogens with zero attached hydrogens (tertiary/aromatic N) is 1. The molecule has 0 saturated carbocycles. The normalized spacial score (nSPS) is 11.0. The fourth-order valence-electron chi connectivity index (χ4n) is 2.59. The zero-order valence-corrected chi connectivity index (χ0v) is 14.6. The molecule has 2 aromatic heterocycles. The number of H-pyrrole nitrogens is 1. The minimum Gasteiger partial charge on any atom is -0.356 e. The number of thiazole rings is 1. The van der Waals surface area contributed by atoms with E-state index in [0.717, 1.165) is 16.1 Å². The van der Waals surface area contributed by atoms with Gasteiger partial charge in [0.05, 0.1) is 16.2 Å². The summed E-state index contributed by atoms with van der Waals surface area (Å²) in [5.41, 5.74) is 1.66. The first-order chi connectivity index (χ1) is 12.0. The van der Waals surface area contributed by atoms with Gasteiger partial charge in [-0.2, -0.15) is 0 Å². The van der Waals surface area contributed by atoms with Gasteiger partial charge in [0.1, 0.15) is 5.82 Å². The number of benzene rings is 1. The van der Waals surface area contributed by atoms with Gasteiger partial charge in [0, 0.05) is 30.3 Å². The first-order valence-electron chi connectivity index (χ1n) is 8.00. The number of aromatic nitrogens is 2. The standard InChI is InChI=1S/C18H18FN3O2S/c1-11-21-15(10-25-11)6-7-20-17(23)5-3-13-8-12-2-4-14(19)9-16(12)22-18(13)24/h2,4,8-10H,3,5-7H2,1H3,(H,20,23)(H,22,24). The lowest BCUT2D eigenvalue weighted by molar-refractivity contribution is -0.121. The number of amides is 1. The molecular weight excluding hydrogens is 341 g/mol. The Kier molecular flexibility index (Phi) is 5.23. The number of nitrogens with one attached hydrogen (secondary N) is 2. The molecule has 3 rings (SSSR count). The third-order valence-electron chi connectivity index (χ3n) is 3.88. The molecule has 2 N–H and O–H groups in total. The quantitative estimate of drug-likeness (QED) is 0.711. The maximum absolute atomic E-state index is 13.2. The van der Waals surface area contributed by atoms with E-state index in [-0.39, 0.29) is 17.9 Å². The highest BCUT2D eigenvalue weighted by Crippen LogP contribution is 2.13. The van der Waals surface area contributed by atoms with Crippen molar-refractivity contribution in [1.82, 2.24) is 15.3 Å². The first-order valence-corrected chi connectivity index (χ1v) is 8.88. The summed E-state index contributed by atoms with van der Waals surface area (Å²) in [6.07, 6.45) is 1.26. The third-order valence-corrected chi connectivity index (χ3v) is 4.70. The molecule has 130 valence electrons. The Morgan fingerprint density at radius 3 is 2.92 bits per heavy atom. The fraction of sp³-hybridized carbons (Fsp3) is 0.278. The zero-order chi connectivity index (χ0) is 17.8. The Morgan fingerprint density at radius 1 is 1.32 bits per heavy atom. The smallest absolute Gasteiger partial charge is 0.251 e. The van der Waals surface area contributed by atoms with E-state index in [4.69, 9.17) is 0 Å². The van der Waals surface area contributed by atoms with E-state index in [1.165, 1.54) is 12.1 Å². The predicted octanol–water partition coefficient (Wildman–Crippen LogP) is 2.72. The molecule has 0 aliphatic carbocycles. The van der Waals surface area contributed by atoms with Crippen LogP contribution in [0.5, 0.6) is 0 Å². The molecule has 0 spiro atoms. The molecule has 0 fully saturated rings. The van der Waals surface area contributed by atoms with Gasteiger partial charge in [-0.25, -0.2) is 9.37 Å². The first kappa shape index (κ1) is 17.3. The Morgan fingerprint density at radius 2 is 2.16 bits per heavy atom. The Hall–Kier alpha value is -2.54. The van der Waals surface area contributed by atoms with Crippen LogP contribution in [-0.2, 0) is 17.6 Å². The predicted molar refractivity (Wildman–Crippen MR) is 96.4 cm³/mol. The largest absolute Gasteiger partial charge is 0.356 e. The van der Waals surface area contributed by atoms with Crippen molar-refractivity contribution in [3.63, 3.8) is 0 Å². The van der Waals surface area contributed by atoms with E-state index in [9.17, 15) is 14.0 Å². The molecule has 0 saturated heterocycles. The minimum absolute atomic E-state index is 0.106. The number of pyridine rings is 1. The topological polar surface area (TPSA) is 74.8 Å². The highest BCUT2D eigenvalue weighted by atomic mass is 32.1. The molecule has 0 bridgehead atoms. The number of carbonyl (C=O) groups excluding carboxylic acids is 1. The van der Waals surface area contributed by atoms with Crippen LogP contribution in [0.4, 0.5) is 4.39 Å². The van der Waals surface area contributed by atoms with Gasteiger partial charge in [-0.3, -0.25) is 9.59 Å². The van der Waals surface area contributed by atoms with Crippen molar-refractivity contribution in [1.29, 1.82) is 0 Å². The Bertz CT molecular complexity index is 964. The van der Waals surface area contributed by atoms with Gasteiger partial charge in [-0.1, -0.05) is 0 Å². The van der Waals surface area contributed by atoms with Crippen molar-refractivity contribution >= 4 is 28.1 Å². The van der Waals surface area contributed by atoms with Gasteiger partial charge in [-0.15, -0.1) is 11.3 Å². The van der Waals surface area contributed by atoms with Crippen LogP contribution in [-0.4, -0.2) is 22.4 Å². The summed E-state index contributed by atoms with van der Waals surface area (Å²) in [7, 11) is 0. The van der Waals surface area contributed by atoms with Crippen molar-refractivity contribution in [3.05, 3.63) is 62.1 Å². The Labute approximate surface area is 147 Å². The van der Waals surface area contributed by atoms with E-state index in [1.807, 2.05) is 12.3 Å². The van der Waals surface area contributed by atoms with E-state index >= 15 is 0 Å². The highest BCUT2D eigenvalue weighted by molar-refractivity contribution is 7.09. The third kappa shape index (κ3) is 4.51. The molecule has 5 nitrogen and oxygen atoms in total. The second-order valence-electron chi connectivity index (χ2n) is 5.81. The second kappa shape index (κ2) is 7.57. The summed E-state index contributed by atoms with van der Waals surface area (Å²) >= 11 is 1.59. The molecule has 1 amide bonds.